The molecule has 1 aromatic rings. The van der Waals surface area contributed by atoms with Crippen LogP contribution in [0.15, 0.2) is 24.3 Å². The largest absolute Gasteiger partial charge is 0.493 e. The van der Waals surface area contributed by atoms with Gasteiger partial charge in [-0.05, 0) is 31.9 Å². The van der Waals surface area contributed by atoms with E-state index in [9.17, 15) is 4.79 Å². The van der Waals surface area contributed by atoms with Crippen LogP contribution in [0, 0.1) is 5.92 Å². The zero-order valence-electron chi connectivity index (χ0n) is 13.6. The fourth-order valence-corrected chi connectivity index (χ4v) is 2.25. The molecule has 4 heteroatoms. The summed E-state index contributed by atoms with van der Waals surface area (Å²) in [6.07, 6.45) is 1.86. The molecule has 0 fully saturated rings. The highest BCUT2D eigenvalue weighted by molar-refractivity contribution is 5.78. The van der Waals surface area contributed by atoms with Crippen molar-refractivity contribution >= 4 is 5.91 Å². The number of nitrogens with one attached hydrogen (secondary N) is 2. The lowest BCUT2D eigenvalue weighted by Crippen LogP contribution is -2.35. The maximum atomic E-state index is 11.9. The molecule has 0 aliphatic carbocycles. The topological polar surface area (TPSA) is 50.4 Å². The molecule has 1 aromatic carbocycles. The SMILES string of the molecule is CCCOc1ccccc1C(CC(C)C)NC(=O)CNC. The van der Waals surface area contributed by atoms with E-state index < -0.39 is 0 Å². The van der Waals surface area contributed by atoms with E-state index in [0.717, 1.165) is 24.2 Å². The molecule has 0 bridgehead atoms. The summed E-state index contributed by atoms with van der Waals surface area (Å²) in [6.45, 7) is 7.42. The predicted octanol–water partition coefficient (Wildman–Crippen LogP) is 2.90. The fraction of sp³-hybridized carbons (Fsp3) is 0.588. The molecule has 0 aliphatic rings. The molecule has 21 heavy (non-hydrogen) atoms. The van der Waals surface area contributed by atoms with Gasteiger partial charge in [-0.2, -0.15) is 0 Å². The Balaban J connectivity index is 2.93. The van der Waals surface area contributed by atoms with Crippen molar-refractivity contribution < 1.29 is 9.53 Å². The van der Waals surface area contributed by atoms with E-state index in [-0.39, 0.29) is 11.9 Å². The molecule has 0 aromatic heterocycles. The third-order valence-electron chi connectivity index (χ3n) is 3.14. The molecular weight excluding hydrogens is 264 g/mol. The average molecular weight is 292 g/mol. The van der Waals surface area contributed by atoms with E-state index >= 15 is 0 Å². The molecule has 0 spiro atoms. The maximum Gasteiger partial charge on any atom is 0.234 e. The Morgan fingerprint density at radius 3 is 2.62 bits per heavy atom. The number of ether oxygens (including phenoxy) is 1. The van der Waals surface area contributed by atoms with Crippen LogP contribution in [-0.2, 0) is 4.79 Å². The number of carbonyl (C=O) groups excluding carboxylic acids is 1. The number of carbonyl (C=O) groups is 1. The monoisotopic (exact) mass is 292 g/mol. The van der Waals surface area contributed by atoms with E-state index in [1.165, 1.54) is 0 Å². The minimum Gasteiger partial charge on any atom is -0.493 e. The summed E-state index contributed by atoms with van der Waals surface area (Å²) >= 11 is 0. The summed E-state index contributed by atoms with van der Waals surface area (Å²) < 4.78 is 5.82. The Hall–Kier alpha value is -1.55. The van der Waals surface area contributed by atoms with E-state index in [1.807, 2.05) is 24.3 Å². The minimum absolute atomic E-state index is 0.00782. The zero-order chi connectivity index (χ0) is 15.7. The molecule has 2 N–H and O–H groups in total. The van der Waals surface area contributed by atoms with Crippen molar-refractivity contribution in [1.29, 1.82) is 0 Å². The Labute approximate surface area is 128 Å². The van der Waals surface area contributed by atoms with Gasteiger partial charge in [0.05, 0.1) is 19.2 Å². The van der Waals surface area contributed by atoms with Crippen LogP contribution >= 0.6 is 0 Å². The molecule has 1 atom stereocenters. The molecule has 1 amide bonds. The van der Waals surface area contributed by atoms with Gasteiger partial charge in [-0.25, -0.2) is 0 Å². The summed E-state index contributed by atoms with van der Waals surface area (Å²) in [7, 11) is 1.77. The summed E-state index contributed by atoms with van der Waals surface area (Å²) in [5, 5.41) is 5.98. The Morgan fingerprint density at radius 2 is 2.00 bits per heavy atom. The molecule has 0 saturated heterocycles. The first-order valence-electron chi connectivity index (χ1n) is 7.74. The molecule has 4 nitrogen and oxygen atoms in total. The van der Waals surface area contributed by atoms with Gasteiger partial charge >= 0.3 is 0 Å². The molecule has 0 saturated carbocycles. The third kappa shape index (κ3) is 6.17. The highest BCUT2D eigenvalue weighted by Gasteiger charge is 2.19. The first kappa shape index (κ1) is 17.5. The molecule has 0 heterocycles. The number of hydrogen-bond acceptors (Lipinski definition) is 3. The summed E-state index contributed by atoms with van der Waals surface area (Å²) in [5.41, 5.74) is 1.06. The third-order valence-corrected chi connectivity index (χ3v) is 3.14. The van der Waals surface area contributed by atoms with Crippen LogP contribution in [0.3, 0.4) is 0 Å². The highest BCUT2D eigenvalue weighted by Crippen LogP contribution is 2.29. The lowest BCUT2D eigenvalue weighted by atomic mass is 9.96. The molecule has 0 radical (unpaired) electrons. The second-order valence-electron chi connectivity index (χ2n) is 5.67. The first-order valence-corrected chi connectivity index (χ1v) is 7.74. The smallest absolute Gasteiger partial charge is 0.234 e. The summed E-state index contributed by atoms with van der Waals surface area (Å²) in [6, 6.07) is 7.96. The van der Waals surface area contributed by atoms with Gasteiger partial charge in [-0.1, -0.05) is 39.0 Å². The number of amides is 1. The molecule has 1 unspecified atom stereocenters. The molecule has 0 aliphatic heterocycles. The van der Waals surface area contributed by atoms with Crippen molar-refractivity contribution in [3.63, 3.8) is 0 Å². The van der Waals surface area contributed by atoms with Crippen LogP contribution in [0.25, 0.3) is 0 Å². The number of likely N-dealkylation sites (N-methyl/N-ethyl adjacent to an activating group) is 1. The number of benzene rings is 1. The molecule has 118 valence electrons. The molecule has 1 rings (SSSR count). The fourth-order valence-electron chi connectivity index (χ4n) is 2.25. The van der Waals surface area contributed by atoms with Crippen molar-refractivity contribution in [2.45, 2.75) is 39.7 Å². The van der Waals surface area contributed by atoms with Gasteiger partial charge in [-0.15, -0.1) is 0 Å². The van der Waals surface area contributed by atoms with Gasteiger partial charge in [-0.3, -0.25) is 4.79 Å². The van der Waals surface area contributed by atoms with Crippen molar-refractivity contribution in [2.24, 2.45) is 5.92 Å². The summed E-state index contributed by atoms with van der Waals surface area (Å²) in [4.78, 5) is 11.9. The van der Waals surface area contributed by atoms with Crippen molar-refractivity contribution in [2.75, 3.05) is 20.2 Å². The van der Waals surface area contributed by atoms with Gasteiger partial charge in [0.1, 0.15) is 5.75 Å². The van der Waals surface area contributed by atoms with Gasteiger partial charge in [0.2, 0.25) is 5.91 Å². The van der Waals surface area contributed by atoms with Crippen molar-refractivity contribution in [3.8, 4) is 5.75 Å². The van der Waals surface area contributed by atoms with Gasteiger partial charge < -0.3 is 15.4 Å². The summed E-state index contributed by atoms with van der Waals surface area (Å²) in [5.74, 6) is 1.37. The van der Waals surface area contributed by atoms with Crippen molar-refractivity contribution in [3.05, 3.63) is 29.8 Å². The van der Waals surface area contributed by atoms with Crippen LogP contribution in [0.1, 0.15) is 45.2 Å². The minimum atomic E-state index is -0.0149. The lowest BCUT2D eigenvalue weighted by Gasteiger charge is -2.23. The second kappa shape index (κ2) is 9.40. The number of hydrogen-bond donors (Lipinski definition) is 2. The normalized spacial score (nSPS) is 12.2. The zero-order valence-corrected chi connectivity index (χ0v) is 13.6. The first-order chi connectivity index (χ1) is 10.1. The second-order valence-corrected chi connectivity index (χ2v) is 5.67. The van der Waals surface area contributed by atoms with E-state index in [2.05, 4.69) is 31.4 Å². The van der Waals surface area contributed by atoms with Crippen LogP contribution < -0.4 is 15.4 Å². The Kier molecular flexibility index (Phi) is 7.83. The Morgan fingerprint density at radius 1 is 1.29 bits per heavy atom. The highest BCUT2D eigenvalue weighted by atomic mass is 16.5. The van der Waals surface area contributed by atoms with E-state index in [0.29, 0.717) is 19.1 Å². The average Bonchev–Trinajstić information content (AvgIpc) is 2.44. The number of para-hydroxylation sites is 1. The predicted molar refractivity (Wildman–Crippen MR) is 86.5 cm³/mol. The lowest BCUT2D eigenvalue weighted by molar-refractivity contribution is -0.121. The van der Waals surface area contributed by atoms with Gasteiger partial charge in [0.25, 0.3) is 0 Å². The van der Waals surface area contributed by atoms with Crippen LogP contribution in [0.5, 0.6) is 5.75 Å². The van der Waals surface area contributed by atoms with Crippen LogP contribution in [-0.4, -0.2) is 26.1 Å². The van der Waals surface area contributed by atoms with Gasteiger partial charge in [0.15, 0.2) is 0 Å². The van der Waals surface area contributed by atoms with E-state index in [4.69, 9.17) is 4.74 Å². The standard InChI is InChI=1S/C17H28N2O2/c1-5-10-21-16-9-7-6-8-14(16)15(11-13(2)3)19-17(20)12-18-4/h6-9,13,15,18H,5,10-12H2,1-4H3,(H,19,20). The van der Waals surface area contributed by atoms with Crippen molar-refractivity contribution in [1.82, 2.24) is 10.6 Å². The van der Waals surface area contributed by atoms with Gasteiger partial charge in [0, 0.05) is 5.56 Å². The Bertz CT molecular complexity index is 433. The van der Waals surface area contributed by atoms with Crippen LogP contribution in [0.2, 0.25) is 0 Å². The maximum absolute atomic E-state index is 11.9. The molecular formula is C17H28N2O2. The quantitative estimate of drug-likeness (QED) is 0.736. The van der Waals surface area contributed by atoms with E-state index in [1.54, 1.807) is 7.05 Å². The van der Waals surface area contributed by atoms with Crippen LogP contribution in [0.4, 0.5) is 0 Å². The number of rotatable bonds is 9.